The number of hydrogen-bond acceptors (Lipinski definition) is 8. The van der Waals surface area contributed by atoms with Crippen LogP contribution in [0.25, 0.3) is 0 Å². The molecular formula is C30H31ClF4N4O4. The first-order valence-electron chi connectivity index (χ1n) is 13.3. The first kappa shape index (κ1) is 31.7. The lowest BCUT2D eigenvalue weighted by molar-refractivity contribution is -0.141. The smallest absolute Gasteiger partial charge is 0.416 e. The maximum absolute atomic E-state index is 15.2. The quantitative estimate of drug-likeness (QED) is 0.239. The minimum absolute atomic E-state index is 0. The number of hydrogen-bond donors (Lipinski definition) is 0. The topological polar surface area (TPSA) is 66.8 Å². The van der Waals surface area contributed by atoms with Gasteiger partial charge in [0, 0.05) is 43.5 Å². The van der Waals surface area contributed by atoms with Crippen molar-refractivity contribution in [2.75, 3.05) is 57.3 Å². The van der Waals surface area contributed by atoms with Crippen LogP contribution in [0.5, 0.6) is 11.5 Å². The fraction of sp³-hybridized carbons (Fsp3) is 0.333. The van der Waals surface area contributed by atoms with Gasteiger partial charge in [-0.05, 0) is 36.4 Å². The minimum atomic E-state index is -4.64. The molecule has 230 valence electrons. The van der Waals surface area contributed by atoms with Crippen molar-refractivity contribution in [1.29, 1.82) is 0 Å². The monoisotopic (exact) mass is 622 g/mol. The van der Waals surface area contributed by atoms with Gasteiger partial charge in [-0.25, -0.2) is 9.38 Å². The molecule has 0 unspecified atom stereocenters. The molecule has 0 amide bonds. The predicted molar refractivity (Wildman–Crippen MR) is 157 cm³/mol. The van der Waals surface area contributed by atoms with Gasteiger partial charge in [0.1, 0.15) is 23.0 Å². The third-order valence-corrected chi connectivity index (χ3v) is 7.45. The van der Waals surface area contributed by atoms with Crippen molar-refractivity contribution in [3.05, 3.63) is 77.6 Å². The largest absolute Gasteiger partial charge is 0.497 e. The predicted octanol–water partition coefficient (Wildman–Crippen LogP) is 6.22. The Morgan fingerprint density at radius 1 is 0.930 bits per heavy atom. The molecule has 0 N–H and O–H groups in total. The van der Waals surface area contributed by atoms with Crippen molar-refractivity contribution in [2.24, 2.45) is 4.99 Å². The van der Waals surface area contributed by atoms with Gasteiger partial charge >= 0.3 is 12.1 Å². The summed E-state index contributed by atoms with van der Waals surface area (Å²) in [6.07, 6.45) is -4.91. The third kappa shape index (κ3) is 6.43. The van der Waals surface area contributed by atoms with Gasteiger partial charge in [0.2, 0.25) is 5.96 Å². The van der Waals surface area contributed by atoms with Gasteiger partial charge in [-0.2, -0.15) is 13.2 Å². The van der Waals surface area contributed by atoms with Crippen molar-refractivity contribution in [2.45, 2.75) is 18.6 Å². The molecule has 0 radical (unpaired) electrons. The number of benzene rings is 3. The zero-order valence-corrected chi connectivity index (χ0v) is 24.5. The second kappa shape index (κ2) is 13.0. The Hall–Kier alpha value is -4.19. The molecule has 2 heterocycles. The molecule has 3 aromatic rings. The van der Waals surface area contributed by atoms with E-state index in [0.29, 0.717) is 37.5 Å². The highest BCUT2D eigenvalue weighted by atomic mass is 35.5. The van der Waals surface area contributed by atoms with Crippen molar-refractivity contribution < 1.29 is 36.6 Å². The van der Waals surface area contributed by atoms with Gasteiger partial charge in [0.05, 0.1) is 45.0 Å². The van der Waals surface area contributed by atoms with Crippen LogP contribution in [0.15, 0.2) is 65.7 Å². The normalized spacial score (nSPS) is 16.6. The molecule has 43 heavy (non-hydrogen) atoms. The molecular weight excluding hydrogens is 592 g/mol. The third-order valence-electron chi connectivity index (χ3n) is 7.45. The average Bonchev–Trinajstić information content (AvgIpc) is 3.00. The van der Waals surface area contributed by atoms with E-state index in [4.69, 9.17) is 14.2 Å². The molecule has 5 rings (SSSR count). The molecule has 13 heteroatoms. The lowest BCUT2D eigenvalue weighted by atomic mass is 9.96. The summed E-state index contributed by atoms with van der Waals surface area (Å²) in [5.41, 5.74) is 0.473. The van der Waals surface area contributed by atoms with Crippen molar-refractivity contribution in [3.8, 4) is 11.5 Å². The molecule has 2 aliphatic rings. The van der Waals surface area contributed by atoms with Crippen LogP contribution in [0.1, 0.15) is 23.6 Å². The zero-order chi connectivity index (χ0) is 30.0. The maximum Gasteiger partial charge on any atom is 0.416 e. The molecule has 1 saturated heterocycles. The first-order valence-corrected chi connectivity index (χ1v) is 13.3. The number of para-hydroxylation sites is 1. The van der Waals surface area contributed by atoms with Crippen LogP contribution < -0.4 is 19.3 Å². The van der Waals surface area contributed by atoms with Gasteiger partial charge < -0.3 is 28.9 Å². The number of halogens is 5. The van der Waals surface area contributed by atoms with Crippen LogP contribution in [0.3, 0.4) is 0 Å². The molecule has 0 aromatic heterocycles. The van der Waals surface area contributed by atoms with E-state index in [1.807, 2.05) is 29.2 Å². The van der Waals surface area contributed by atoms with Crippen molar-refractivity contribution in [1.82, 2.24) is 4.90 Å². The van der Waals surface area contributed by atoms with E-state index in [1.165, 1.54) is 37.3 Å². The summed E-state index contributed by atoms with van der Waals surface area (Å²) in [5.74, 6) is -0.155. The van der Waals surface area contributed by atoms with E-state index in [9.17, 15) is 18.0 Å². The molecule has 0 saturated carbocycles. The second-order valence-electron chi connectivity index (χ2n) is 9.82. The van der Waals surface area contributed by atoms with Crippen LogP contribution in [0, 0.1) is 5.82 Å². The highest BCUT2D eigenvalue weighted by Crippen LogP contribution is 2.46. The lowest BCUT2D eigenvalue weighted by Crippen LogP contribution is -2.55. The van der Waals surface area contributed by atoms with E-state index in [2.05, 4.69) is 9.89 Å². The Kier molecular flexibility index (Phi) is 9.59. The number of rotatable bonds is 6. The Morgan fingerprint density at radius 2 is 1.63 bits per heavy atom. The highest BCUT2D eigenvalue weighted by molar-refractivity contribution is 6.02. The van der Waals surface area contributed by atoms with Gasteiger partial charge in [-0.15, -0.1) is 12.4 Å². The van der Waals surface area contributed by atoms with E-state index >= 15 is 4.39 Å². The number of piperazine rings is 1. The number of alkyl halides is 3. The summed E-state index contributed by atoms with van der Waals surface area (Å²) in [6.45, 7) is 1.93. The minimum Gasteiger partial charge on any atom is -0.497 e. The molecule has 2 aliphatic heterocycles. The number of ether oxygens (including phenoxy) is 3. The van der Waals surface area contributed by atoms with E-state index in [0.717, 1.165) is 17.8 Å². The molecule has 1 fully saturated rings. The standard InChI is InChI=1S/C30H30F4N4O4.ClH/c1-40-21-7-4-6-20(17-21)36-12-14-37(15-13-36)29-35-28-22(8-5-9-23(28)31)24(18-27(39)42-3)38(29)25-16-19(30(32,33)34)10-11-26(25)41-2;/h4-11,16-17,24H,12-15,18H2,1-3H3;1H/t24-;/m0./s1. The molecule has 0 bridgehead atoms. The first-order chi connectivity index (χ1) is 20.1. The fourth-order valence-corrected chi connectivity index (χ4v) is 5.32. The van der Waals surface area contributed by atoms with Gasteiger partial charge in [-0.3, -0.25) is 4.79 Å². The van der Waals surface area contributed by atoms with Crippen LogP contribution >= 0.6 is 12.4 Å². The van der Waals surface area contributed by atoms with Crippen molar-refractivity contribution in [3.63, 3.8) is 0 Å². The molecule has 0 aliphatic carbocycles. The number of aliphatic imine (C=N–C) groups is 1. The van der Waals surface area contributed by atoms with E-state index in [1.54, 1.807) is 13.2 Å². The summed E-state index contributed by atoms with van der Waals surface area (Å²) >= 11 is 0. The highest BCUT2D eigenvalue weighted by Gasteiger charge is 2.40. The summed E-state index contributed by atoms with van der Waals surface area (Å²) < 4.78 is 72.7. The number of guanidine groups is 1. The lowest BCUT2D eigenvalue weighted by Gasteiger charge is -2.45. The summed E-state index contributed by atoms with van der Waals surface area (Å²) in [4.78, 5) is 22.9. The number of esters is 1. The van der Waals surface area contributed by atoms with Crippen molar-refractivity contribution >= 4 is 41.4 Å². The summed E-state index contributed by atoms with van der Waals surface area (Å²) in [6, 6.07) is 14.2. The van der Waals surface area contributed by atoms with E-state index in [-0.39, 0.29) is 41.9 Å². The van der Waals surface area contributed by atoms with Gasteiger partial charge in [0.15, 0.2) is 0 Å². The van der Waals surface area contributed by atoms with Crippen LogP contribution in [0.2, 0.25) is 0 Å². The Bertz CT molecular complexity index is 1500. The SMILES string of the molecule is COC(=O)C[C@H]1c2cccc(F)c2N=C(N2CCN(c3cccc(OC)c3)CC2)N1c1cc(C(F)(F)F)ccc1OC.Cl. The van der Waals surface area contributed by atoms with Crippen LogP contribution in [0.4, 0.5) is 34.6 Å². The van der Waals surface area contributed by atoms with Crippen LogP contribution in [-0.4, -0.2) is 64.3 Å². The Labute approximate surface area is 252 Å². The zero-order valence-electron chi connectivity index (χ0n) is 23.7. The second-order valence-corrected chi connectivity index (χ2v) is 9.82. The molecule has 3 aromatic carbocycles. The van der Waals surface area contributed by atoms with Crippen LogP contribution in [-0.2, 0) is 15.7 Å². The Balaban J connectivity index is 0.00000423. The molecule has 8 nitrogen and oxygen atoms in total. The number of nitrogens with zero attached hydrogens (tertiary/aromatic N) is 4. The number of anilines is 2. The Morgan fingerprint density at radius 3 is 2.28 bits per heavy atom. The van der Waals surface area contributed by atoms with E-state index < -0.39 is 29.6 Å². The maximum atomic E-state index is 15.2. The number of carbonyl (C=O) groups is 1. The number of methoxy groups -OCH3 is 3. The number of fused-ring (bicyclic) bond motifs is 1. The van der Waals surface area contributed by atoms with Gasteiger partial charge in [0.25, 0.3) is 0 Å². The fourth-order valence-electron chi connectivity index (χ4n) is 5.32. The average molecular weight is 623 g/mol. The molecule has 1 atom stereocenters. The summed E-state index contributed by atoms with van der Waals surface area (Å²) in [5, 5.41) is 0. The summed E-state index contributed by atoms with van der Waals surface area (Å²) in [7, 11) is 4.17. The number of carbonyl (C=O) groups excluding carboxylic acids is 1. The molecule has 0 spiro atoms. The van der Waals surface area contributed by atoms with Gasteiger partial charge in [-0.1, -0.05) is 18.2 Å².